The molecule has 1 fully saturated rings. The Morgan fingerprint density at radius 2 is 1.80 bits per heavy atom. The van der Waals surface area contributed by atoms with Crippen molar-refractivity contribution in [3.8, 4) is 0 Å². The van der Waals surface area contributed by atoms with Gasteiger partial charge in [-0.05, 0) is 43.2 Å². The van der Waals surface area contributed by atoms with Gasteiger partial charge in [0.25, 0.3) is 5.91 Å². The van der Waals surface area contributed by atoms with E-state index in [1.54, 1.807) is 18.2 Å². The number of halogens is 2. The van der Waals surface area contributed by atoms with Crippen LogP contribution in [0.15, 0.2) is 53.4 Å². The van der Waals surface area contributed by atoms with Crippen molar-refractivity contribution in [2.45, 2.75) is 23.8 Å². The van der Waals surface area contributed by atoms with Crippen molar-refractivity contribution in [3.05, 3.63) is 65.7 Å². The fourth-order valence-corrected chi connectivity index (χ4v) is 4.67. The first-order chi connectivity index (χ1) is 11.9. The zero-order chi connectivity index (χ0) is 18.0. The Hall–Kier alpha value is -2.28. The minimum Gasteiger partial charge on any atom is -0.335 e. The van der Waals surface area contributed by atoms with Gasteiger partial charge in [-0.2, -0.15) is 0 Å². The van der Waals surface area contributed by atoms with E-state index in [4.69, 9.17) is 0 Å². The van der Waals surface area contributed by atoms with Crippen molar-refractivity contribution < 1.29 is 22.0 Å². The highest BCUT2D eigenvalue weighted by Crippen LogP contribution is 2.24. The van der Waals surface area contributed by atoms with Crippen LogP contribution >= 0.6 is 0 Å². The van der Waals surface area contributed by atoms with Crippen LogP contribution in [0.3, 0.4) is 0 Å². The molecule has 0 radical (unpaired) electrons. The van der Waals surface area contributed by atoms with Crippen LogP contribution in [0.4, 0.5) is 8.78 Å². The molecule has 1 aliphatic rings. The van der Waals surface area contributed by atoms with Crippen molar-refractivity contribution >= 4 is 15.7 Å². The highest BCUT2D eigenvalue weighted by atomic mass is 32.2. The molecule has 1 saturated heterocycles. The Labute approximate surface area is 145 Å². The number of rotatable bonds is 4. The quantitative estimate of drug-likeness (QED) is 0.837. The summed E-state index contributed by atoms with van der Waals surface area (Å²) >= 11 is 0. The lowest BCUT2D eigenvalue weighted by molar-refractivity contribution is 0.0748. The third-order valence-corrected chi connectivity index (χ3v) is 6.13. The van der Waals surface area contributed by atoms with Crippen molar-refractivity contribution in [1.82, 2.24) is 4.90 Å². The van der Waals surface area contributed by atoms with E-state index in [0.717, 1.165) is 12.1 Å². The van der Waals surface area contributed by atoms with Crippen LogP contribution in [0.5, 0.6) is 0 Å². The molecule has 4 nitrogen and oxygen atoms in total. The topological polar surface area (TPSA) is 54.5 Å². The van der Waals surface area contributed by atoms with Crippen molar-refractivity contribution in [1.29, 1.82) is 0 Å². The Morgan fingerprint density at radius 3 is 2.48 bits per heavy atom. The number of benzene rings is 2. The molecule has 3 rings (SSSR count). The van der Waals surface area contributed by atoms with E-state index in [2.05, 4.69) is 0 Å². The molecule has 1 atom stereocenters. The minimum absolute atomic E-state index is 0.0166. The third-order valence-electron chi connectivity index (χ3n) is 4.32. The van der Waals surface area contributed by atoms with Crippen molar-refractivity contribution in [3.63, 3.8) is 0 Å². The number of carbonyl (C=O) groups excluding carboxylic acids is 1. The van der Waals surface area contributed by atoms with E-state index >= 15 is 0 Å². The van der Waals surface area contributed by atoms with Crippen LogP contribution < -0.4 is 0 Å². The fraction of sp³-hybridized carbons (Fsp3) is 0.278. The smallest absolute Gasteiger partial charge is 0.254 e. The Kier molecular flexibility index (Phi) is 4.85. The predicted octanol–water partition coefficient (Wildman–Crippen LogP) is 3.04. The number of hydrogen-bond acceptors (Lipinski definition) is 3. The summed E-state index contributed by atoms with van der Waals surface area (Å²) < 4.78 is 51.5. The molecule has 0 aromatic heterocycles. The second-order valence-electron chi connectivity index (χ2n) is 6.02. The van der Waals surface area contributed by atoms with Gasteiger partial charge < -0.3 is 4.90 Å². The summed E-state index contributed by atoms with van der Waals surface area (Å²) in [6.07, 6.45) is 1.23. The number of nitrogens with zero attached hydrogens (tertiary/aromatic N) is 1. The first-order valence-corrected chi connectivity index (χ1v) is 9.57. The molecule has 2 aromatic rings. The molecule has 2 aromatic carbocycles. The molecule has 0 N–H and O–H groups in total. The van der Waals surface area contributed by atoms with Crippen LogP contribution in [-0.2, 0) is 9.84 Å². The monoisotopic (exact) mass is 365 g/mol. The zero-order valence-corrected chi connectivity index (χ0v) is 14.2. The van der Waals surface area contributed by atoms with Gasteiger partial charge in [0.05, 0.1) is 10.6 Å². The van der Waals surface area contributed by atoms with Crippen LogP contribution in [0, 0.1) is 11.6 Å². The molecule has 1 amide bonds. The lowest BCUT2D eigenvalue weighted by Crippen LogP contribution is -2.39. The summed E-state index contributed by atoms with van der Waals surface area (Å²) in [5.74, 6) is -2.80. The standard InChI is InChI=1S/C18H17F2NO3S/c19-16-9-8-13(11-17(16)20)18(22)21-10-4-5-14(21)12-25(23,24)15-6-2-1-3-7-15/h1-3,6-9,11,14H,4-5,10,12H2. The molecule has 0 spiro atoms. The maximum atomic E-state index is 13.4. The number of amides is 1. The van der Waals surface area contributed by atoms with E-state index in [0.29, 0.717) is 19.4 Å². The minimum atomic E-state index is -3.54. The van der Waals surface area contributed by atoms with Gasteiger partial charge in [-0.15, -0.1) is 0 Å². The molecule has 25 heavy (non-hydrogen) atoms. The van der Waals surface area contributed by atoms with E-state index in [1.165, 1.54) is 23.1 Å². The fourth-order valence-electron chi connectivity index (χ4n) is 3.05. The largest absolute Gasteiger partial charge is 0.335 e. The molecule has 1 aliphatic heterocycles. The second-order valence-corrected chi connectivity index (χ2v) is 8.05. The van der Waals surface area contributed by atoms with E-state index in [9.17, 15) is 22.0 Å². The number of carbonyl (C=O) groups is 1. The molecular formula is C18H17F2NO3S. The predicted molar refractivity (Wildman–Crippen MR) is 88.9 cm³/mol. The summed E-state index contributed by atoms with van der Waals surface area (Å²) in [5, 5.41) is 0. The summed E-state index contributed by atoms with van der Waals surface area (Å²) in [6, 6.07) is 10.5. The zero-order valence-electron chi connectivity index (χ0n) is 13.4. The molecule has 1 heterocycles. The normalized spacial score (nSPS) is 17.7. The lowest BCUT2D eigenvalue weighted by Gasteiger charge is -2.24. The molecule has 132 valence electrons. The van der Waals surface area contributed by atoms with Gasteiger partial charge in [-0.25, -0.2) is 17.2 Å². The van der Waals surface area contributed by atoms with Crippen LogP contribution in [-0.4, -0.2) is 37.6 Å². The van der Waals surface area contributed by atoms with Crippen LogP contribution in [0.2, 0.25) is 0 Å². The molecule has 1 unspecified atom stereocenters. The van der Waals surface area contributed by atoms with Gasteiger partial charge in [0.2, 0.25) is 0 Å². The number of sulfone groups is 1. The summed E-state index contributed by atoms with van der Waals surface area (Å²) in [5.41, 5.74) is 0.0166. The van der Waals surface area contributed by atoms with Crippen molar-refractivity contribution in [2.75, 3.05) is 12.3 Å². The number of hydrogen-bond donors (Lipinski definition) is 0. The van der Waals surface area contributed by atoms with Crippen molar-refractivity contribution in [2.24, 2.45) is 0 Å². The third kappa shape index (κ3) is 3.71. The summed E-state index contributed by atoms with van der Waals surface area (Å²) in [7, 11) is -3.54. The second kappa shape index (κ2) is 6.92. The first-order valence-electron chi connectivity index (χ1n) is 7.92. The maximum Gasteiger partial charge on any atom is 0.254 e. The van der Waals surface area contributed by atoms with Gasteiger partial charge in [0.1, 0.15) is 0 Å². The van der Waals surface area contributed by atoms with Gasteiger partial charge in [0, 0.05) is 18.2 Å². The molecule has 0 bridgehead atoms. The maximum absolute atomic E-state index is 13.4. The van der Waals surface area contributed by atoms with Gasteiger partial charge in [-0.3, -0.25) is 4.79 Å². The molecular weight excluding hydrogens is 348 g/mol. The summed E-state index contributed by atoms with van der Waals surface area (Å²) in [4.78, 5) is 14.2. The van der Waals surface area contributed by atoms with Crippen LogP contribution in [0.25, 0.3) is 0 Å². The Morgan fingerprint density at radius 1 is 1.08 bits per heavy atom. The highest BCUT2D eigenvalue weighted by Gasteiger charge is 2.33. The average Bonchev–Trinajstić information content (AvgIpc) is 3.05. The van der Waals surface area contributed by atoms with E-state index in [1.807, 2.05) is 0 Å². The van der Waals surface area contributed by atoms with E-state index < -0.39 is 33.4 Å². The van der Waals surface area contributed by atoms with Crippen LogP contribution in [0.1, 0.15) is 23.2 Å². The van der Waals surface area contributed by atoms with Gasteiger partial charge >= 0.3 is 0 Å². The Bertz CT molecular complexity index is 884. The summed E-state index contributed by atoms with van der Waals surface area (Å²) in [6.45, 7) is 0.396. The first kappa shape index (κ1) is 17.5. The van der Waals surface area contributed by atoms with Gasteiger partial charge in [0.15, 0.2) is 21.5 Å². The molecule has 7 heteroatoms. The van der Waals surface area contributed by atoms with Gasteiger partial charge in [-0.1, -0.05) is 18.2 Å². The Balaban J connectivity index is 1.80. The molecule has 0 saturated carbocycles. The average molecular weight is 365 g/mol. The molecule has 0 aliphatic carbocycles. The number of likely N-dealkylation sites (tertiary alicyclic amines) is 1. The lowest BCUT2D eigenvalue weighted by atomic mass is 10.1. The SMILES string of the molecule is O=C(c1ccc(F)c(F)c1)N1CCCC1CS(=O)(=O)c1ccccc1. The van der Waals surface area contributed by atoms with E-state index in [-0.39, 0.29) is 16.2 Å². The highest BCUT2D eigenvalue weighted by molar-refractivity contribution is 7.91.